The molecule has 0 saturated carbocycles. The Kier molecular flexibility index (Phi) is 5.29. The molecule has 0 unspecified atom stereocenters. The molecule has 94 valence electrons. The molecule has 0 atom stereocenters. The molecule has 1 N–H and O–H groups in total. The SMILES string of the molecule is Cc1ccc(C(=O)NC(C)(CCl)CCl)cc1Br. The molecule has 1 amide bonds. The standard InChI is InChI=1S/C12H14BrCl2NO/c1-8-3-4-9(5-10(8)13)11(17)16-12(2,6-14)7-15/h3-5H,6-7H2,1-2H3,(H,16,17). The number of hydrogen-bond donors (Lipinski definition) is 1. The fraction of sp³-hybridized carbons (Fsp3) is 0.417. The van der Waals surface area contributed by atoms with Gasteiger partial charge in [-0.15, -0.1) is 23.2 Å². The van der Waals surface area contributed by atoms with Gasteiger partial charge in [0.2, 0.25) is 0 Å². The van der Waals surface area contributed by atoms with E-state index in [0.717, 1.165) is 10.0 Å². The molecule has 1 aromatic rings. The smallest absolute Gasteiger partial charge is 0.251 e. The van der Waals surface area contributed by atoms with E-state index in [1.54, 1.807) is 12.1 Å². The minimum Gasteiger partial charge on any atom is -0.344 e. The third-order valence-corrected chi connectivity index (χ3v) is 4.47. The van der Waals surface area contributed by atoms with Gasteiger partial charge in [0.05, 0.1) is 5.54 Å². The number of carbonyl (C=O) groups excluding carboxylic acids is 1. The van der Waals surface area contributed by atoms with Crippen molar-refractivity contribution in [2.45, 2.75) is 19.4 Å². The van der Waals surface area contributed by atoms with Crippen LogP contribution >= 0.6 is 39.1 Å². The lowest BCUT2D eigenvalue weighted by Gasteiger charge is -2.26. The average molecular weight is 339 g/mol. The van der Waals surface area contributed by atoms with Crippen LogP contribution in [0.25, 0.3) is 0 Å². The summed E-state index contributed by atoms with van der Waals surface area (Å²) < 4.78 is 0.906. The number of hydrogen-bond acceptors (Lipinski definition) is 1. The number of nitrogens with one attached hydrogen (secondary N) is 1. The van der Waals surface area contributed by atoms with Gasteiger partial charge in [0.25, 0.3) is 5.91 Å². The fourth-order valence-corrected chi connectivity index (χ4v) is 1.98. The van der Waals surface area contributed by atoms with Crippen LogP contribution in [0.2, 0.25) is 0 Å². The molecule has 17 heavy (non-hydrogen) atoms. The van der Waals surface area contributed by atoms with Crippen LogP contribution in [0, 0.1) is 6.92 Å². The molecule has 0 aliphatic rings. The minimum absolute atomic E-state index is 0.172. The van der Waals surface area contributed by atoms with Gasteiger partial charge in [0, 0.05) is 21.8 Å². The zero-order chi connectivity index (χ0) is 13.1. The average Bonchev–Trinajstić information content (AvgIpc) is 2.32. The van der Waals surface area contributed by atoms with Crippen molar-refractivity contribution in [3.8, 4) is 0 Å². The number of aryl methyl sites for hydroxylation is 1. The monoisotopic (exact) mass is 337 g/mol. The minimum atomic E-state index is -0.586. The summed E-state index contributed by atoms with van der Waals surface area (Å²) in [6, 6.07) is 5.45. The van der Waals surface area contributed by atoms with Gasteiger partial charge in [-0.25, -0.2) is 0 Å². The van der Waals surface area contributed by atoms with Crippen LogP contribution in [0.4, 0.5) is 0 Å². The quantitative estimate of drug-likeness (QED) is 0.833. The maximum Gasteiger partial charge on any atom is 0.251 e. The lowest BCUT2D eigenvalue weighted by molar-refractivity contribution is 0.0921. The molecule has 0 heterocycles. The van der Waals surface area contributed by atoms with E-state index in [2.05, 4.69) is 21.2 Å². The van der Waals surface area contributed by atoms with Gasteiger partial charge < -0.3 is 5.32 Å². The number of carbonyl (C=O) groups is 1. The molecule has 0 saturated heterocycles. The van der Waals surface area contributed by atoms with Crippen molar-refractivity contribution in [1.29, 1.82) is 0 Å². The molecule has 1 rings (SSSR count). The summed E-state index contributed by atoms with van der Waals surface area (Å²) >= 11 is 15.0. The van der Waals surface area contributed by atoms with Crippen molar-refractivity contribution in [2.24, 2.45) is 0 Å². The van der Waals surface area contributed by atoms with Crippen LogP contribution in [0.3, 0.4) is 0 Å². The summed E-state index contributed by atoms with van der Waals surface area (Å²) in [6.45, 7) is 3.78. The summed E-state index contributed by atoms with van der Waals surface area (Å²) in [4.78, 5) is 12.0. The molecule has 0 bridgehead atoms. The van der Waals surface area contributed by atoms with Gasteiger partial charge >= 0.3 is 0 Å². The Hall–Kier alpha value is -0.250. The van der Waals surface area contributed by atoms with Gasteiger partial charge in [0.15, 0.2) is 0 Å². The number of alkyl halides is 2. The first-order valence-electron chi connectivity index (χ1n) is 5.12. The zero-order valence-corrected chi connectivity index (χ0v) is 12.8. The van der Waals surface area contributed by atoms with E-state index in [0.29, 0.717) is 5.56 Å². The largest absolute Gasteiger partial charge is 0.344 e. The number of benzene rings is 1. The van der Waals surface area contributed by atoms with Crippen molar-refractivity contribution in [2.75, 3.05) is 11.8 Å². The van der Waals surface area contributed by atoms with Crippen molar-refractivity contribution in [3.05, 3.63) is 33.8 Å². The Labute approximate surface area is 120 Å². The van der Waals surface area contributed by atoms with Crippen LogP contribution in [-0.4, -0.2) is 23.2 Å². The first kappa shape index (κ1) is 14.8. The maximum atomic E-state index is 12.0. The second kappa shape index (κ2) is 6.07. The molecule has 0 aromatic heterocycles. The van der Waals surface area contributed by atoms with E-state index in [9.17, 15) is 4.79 Å². The Morgan fingerprint density at radius 1 is 1.41 bits per heavy atom. The van der Waals surface area contributed by atoms with E-state index in [4.69, 9.17) is 23.2 Å². The van der Waals surface area contributed by atoms with Crippen LogP contribution in [0.15, 0.2) is 22.7 Å². The molecule has 0 fully saturated rings. The van der Waals surface area contributed by atoms with Crippen molar-refractivity contribution < 1.29 is 4.79 Å². The molecular formula is C12H14BrCl2NO. The molecule has 5 heteroatoms. The summed E-state index contributed by atoms with van der Waals surface area (Å²) in [7, 11) is 0. The Balaban J connectivity index is 2.86. The van der Waals surface area contributed by atoms with Gasteiger partial charge in [-0.05, 0) is 31.5 Å². The van der Waals surface area contributed by atoms with Gasteiger partial charge in [-0.1, -0.05) is 22.0 Å². The van der Waals surface area contributed by atoms with Crippen molar-refractivity contribution >= 4 is 45.0 Å². The van der Waals surface area contributed by atoms with Crippen molar-refractivity contribution in [1.82, 2.24) is 5.32 Å². The molecule has 0 spiro atoms. The van der Waals surface area contributed by atoms with Gasteiger partial charge in [0.1, 0.15) is 0 Å². The molecule has 0 aliphatic carbocycles. The Bertz CT molecular complexity index is 419. The molecule has 0 radical (unpaired) electrons. The van der Waals surface area contributed by atoms with Gasteiger partial charge in [-0.3, -0.25) is 4.79 Å². The highest BCUT2D eigenvalue weighted by atomic mass is 79.9. The van der Waals surface area contributed by atoms with E-state index >= 15 is 0 Å². The third-order valence-electron chi connectivity index (χ3n) is 2.44. The predicted octanol–water partition coefficient (Wildman–Crippen LogP) is 3.72. The molecular weight excluding hydrogens is 325 g/mol. The number of rotatable bonds is 4. The van der Waals surface area contributed by atoms with Crippen LogP contribution in [-0.2, 0) is 0 Å². The highest BCUT2D eigenvalue weighted by molar-refractivity contribution is 9.10. The van der Waals surface area contributed by atoms with Gasteiger partial charge in [-0.2, -0.15) is 0 Å². The highest BCUT2D eigenvalue weighted by Crippen LogP contribution is 2.18. The normalized spacial score (nSPS) is 11.4. The Morgan fingerprint density at radius 3 is 2.47 bits per heavy atom. The molecule has 0 aliphatic heterocycles. The summed E-state index contributed by atoms with van der Waals surface area (Å²) in [5.41, 5.74) is 1.08. The first-order valence-corrected chi connectivity index (χ1v) is 6.98. The molecule has 1 aromatic carbocycles. The Morgan fingerprint density at radius 2 is 2.00 bits per heavy atom. The van der Waals surface area contributed by atoms with E-state index in [-0.39, 0.29) is 17.7 Å². The van der Waals surface area contributed by atoms with Crippen molar-refractivity contribution in [3.63, 3.8) is 0 Å². The van der Waals surface area contributed by atoms with Crippen LogP contribution < -0.4 is 5.32 Å². The lowest BCUT2D eigenvalue weighted by Crippen LogP contribution is -2.49. The summed E-state index contributed by atoms with van der Waals surface area (Å²) in [6.07, 6.45) is 0. The molecule has 2 nitrogen and oxygen atoms in total. The van der Waals surface area contributed by atoms with E-state index in [1.165, 1.54) is 0 Å². The summed E-state index contributed by atoms with van der Waals surface area (Å²) in [5.74, 6) is 0.374. The first-order chi connectivity index (χ1) is 7.91. The topological polar surface area (TPSA) is 29.1 Å². The van der Waals surface area contributed by atoms with E-state index < -0.39 is 5.54 Å². The van der Waals surface area contributed by atoms with Crippen LogP contribution in [0.1, 0.15) is 22.8 Å². The number of amides is 1. The fourth-order valence-electron chi connectivity index (χ4n) is 1.18. The highest BCUT2D eigenvalue weighted by Gasteiger charge is 2.24. The zero-order valence-electron chi connectivity index (χ0n) is 9.69. The third kappa shape index (κ3) is 3.87. The van der Waals surface area contributed by atoms with E-state index in [1.807, 2.05) is 19.9 Å². The van der Waals surface area contributed by atoms with Crippen LogP contribution in [0.5, 0.6) is 0 Å². The second-order valence-corrected chi connectivity index (χ2v) is 5.63. The second-order valence-electron chi connectivity index (χ2n) is 4.25. The predicted molar refractivity (Wildman–Crippen MR) is 76.2 cm³/mol. The lowest BCUT2D eigenvalue weighted by atomic mass is 10.1. The maximum absolute atomic E-state index is 12.0. The summed E-state index contributed by atoms with van der Waals surface area (Å²) in [5, 5.41) is 2.83. The number of halogens is 3.